The number of nitrogens with zero attached hydrogens (tertiary/aromatic N) is 3. The van der Waals surface area contributed by atoms with Crippen molar-refractivity contribution in [2.24, 2.45) is 0 Å². The van der Waals surface area contributed by atoms with Gasteiger partial charge in [-0.05, 0) is 43.2 Å². The molecule has 1 N–H and O–H groups in total. The quantitative estimate of drug-likeness (QED) is 0.508. The van der Waals surface area contributed by atoms with Crippen LogP contribution in [0.2, 0.25) is 0 Å². The van der Waals surface area contributed by atoms with Crippen LogP contribution in [0, 0.1) is 0 Å². The largest absolute Gasteiger partial charge is 0.416 e. The second kappa shape index (κ2) is 8.29. The Labute approximate surface area is 179 Å². The molecule has 0 radical (unpaired) electrons. The van der Waals surface area contributed by atoms with E-state index in [-0.39, 0.29) is 23.4 Å². The summed E-state index contributed by atoms with van der Waals surface area (Å²) in [5.74, 6) is -0.764. The van der Waals surface area contributed by atoms with E-state index in [4.69, 9.17) is 0 Å². The van der Waals surface area contributed by atoms with Crippen molar-refractivity contribution >= 4 is 11.6 Å². The van der Waals surface area contributed by atoms with Crippen LogP contribution < -0.4 is 5.32 Å². The summed E-state index contributed by atoms with van der Waals surface area (Å²) in [5.41, 5.74) is -3.39. The number of carbonyl (C=O) groups excluding carboxylic acids is 1. The van der Waals surface area contributed by atoms with Crippen molar-refractivity contribution in [1.29, 1.82) is 0 Å². The van der Waals surface area contributed by atoms with Crippen molar-refractivity contribution in [3.8, 4) is 5.69 Å². The molecule has 170 valence electrons. The number of nitrogens with one attached hydrogen (secondary N) is 1. The summed E-state index contributed by atoms with van der Waals surface area (Å²) in [5, 5.41) is 6.32. The van der Waals surface area contributed by atoms with Crippen molar-refractivity contribution in [3.63, 3.8) is 0 Å². The minimum absolute atomic E-state index is 0.0848. The first-order chi connectivity index (χ1) is 14.9. The van der Waals surface area contributed by atoms with E-state index in [0.29, 0.717) is 0 Å². The zero-order chi connectivity index (χ0) is 23.7. The summed E-state index contributed by atoms with van der Waals surface area (Å²) in [6.45, 7) is 3.03. The minimum Gasteiger partial charge on any atom is -0.323 e. The highest BCUT2D eigenvalue weighted by atomic mass is 19.4. The number of hydrogen-bond acceptors (Lipinski definition) is 3. The third-order valence-electron chi connectivity index (χ3n) is 5.27. The number of hydrogen-bond donors (Lipinski definition) is 1. The van der Waals surface area contributed by atoms with E-state index in [1.54, 1.807) is 6.92 Å². The van der Waals surface area contributed by atoms with Gasteiger partial charge in [-0.15, -0.1) is 0 Å². The zero-order valence-electron chi connectivity index (χ0n) is 16.9. The van der Waals surface area contributed by atoms with Gasteiger partial charge in [-0.25, -0.2) is 9.67 Å². The van der Waals surface area contributed by atoms with Gasteiger partial charge >= 0.3 is 12.4 Å². The van der Waals surface area contributed by atoms with Gasteiger partial charge in [0.05, 0.1) is 27.9 Å². The van der Waals surface area contributed by atoms with Crippen molar-refractivity contribution in [1.82, 2.24) is 14.8 Å². The molecule has 1 heterocycles. The molecule has 0 bridgehead atoms. The van der Waals surface area contributed by atoms with Gasteiger partial charge in [0.25, 0.3) is 0 Å². The Bertz CT molecular complexity index is 1110. The van der Waals surface area contributed by atoms with Crippen LogP contribution >= 0.6 is 0 Å². The highest BCUT2D eigenvalue weighted by molar-refractivity contribution is 6.00. The summed E-state index contributed by atoms with van der Waals surface area (Å²) in [7, 11) is 0. The van der Waals surface area contributed by atoms with E-state index in [2.05, 4.69) is 15.4 Å². The average Bonchev–Trinajstić information content (AvgIpc) is 3.26. The Balaban J connectivity index is 2.04. The van der Waals surface area contributed by atoms with E-state index >= 15 is 0 Å². The molecule has 2 aromatic carbocycles. The predicted octanol–water partition coefficient (Wildman–Crippen LogP) is 5.61. The molecule has 0 aliphatic carbocycles. The molecule has 0 fully saturated rings. The molecular weight excluding hydrogens is 438 g/mol. The van der Waals surface area contributed by atoms with Gasteiger partial charge in [0, 0.05) is 0 Å². The molecule has 1 aromatic heterocycles. The minimum atomic E-state index is -4.67. The van der Waals surface area contributed by atoms with Crippen molar-refractivity contribution < 1.29 is 31.1 Å². The first kappa shape index (κ1) is 23.3. The number of amides is 1. The van der Waals surface area contributed by atoms with Gasteiger partial charge in [-0.3, -0.25) is 4.79 Å². The monoisotopic (exact) mass is 456 g/mol. The number of alkyl halides is 6. The molecule has 0 aliphatic rings. The van der Waals surface area contributed by atoms with Crippen LogP contribution in [0.5, 0.6) is 0 Å². The molecule has 5 nitrogen and oxygen atoms in total. The third kappa shape index (κ3) is 4.61. The van der Waals surface area contributed by atoms with Gasteiger partial charge in [0.2, 0.25) is 5.91 Å². The lowest BCUT2D eigenvalue weighted by atomic mass is 9.78. The summed E-state index contributed by atoms with van der Waals surface area (Å²) in [4.78, 5) is 16.9. The number of carbonyl (C=O) groups is 1. The Kier molecular flexibility index (Phi) is 6.03. The smallest absolute Gasteiger partial charge is 0.323 e. The summed E-state index contributed by atoms with van der Waals surface area (Å²) < 4.78 is 80.4. The molecule has 0 aliphatic heterocycles. The Morgan fingerprint density at radius 3 is 2.16 bits per heavy atom. The number of anilines is 1. The molecular formula is C21H18F6N4O. The van der Waals surface area contributed by atoms with Crippen LogP contribution in [0.3, 0.4) is 0 Å². The number of halogens is 6. The molecule has 3 aromatic rings. The van der Waals surface area contributed by atoms with Gasteiger partial charge in [0.1, 0.15) is 12.7 Å². The van der Waals surface area contributed by atoms with Gasteiger partial charge in [0.15, 0.2) is 0 Å². The Morgan fingerprint density at radius 1 is 0.969 bits per heavy atom. The van der Waals surface area contributed by atoms with Crippen molar-refractivity contribution in [3.05, 3.63) is 71.8 Å². The Hall–Kier alpha value is -3.37. The molecule has 1 amide bonds. The fourth-order valence-corrected chi connectivity index (χ4v) is 3.14. The van der Waals surface area contributed by atoms with Gasteiger partial charge in [-0.2, -0.15) is 31.4 Å². The second-order valence-corrected chi connectivity index (χ2v) is 7.29. The van der Waals surface area contributed by atoms with Crippen LogP contribution in [0.25, 0.3) is 5.69 Å². The SMILES string of the molecule is CCC(C)(C(=O)Nc1cc(C(F)(F)F)ccc1-n1cncn1)c1cccc(C(F)(F)F)c1. The lowest BCUT2D eigenvalue weighted by Crippen LogP contribution is -2.37. The van der Waals surface area contributed by atoms with Crippen LogP contribution in [-0.4, -0.2) is 20.7 Å². The molecule has 1 atom stereocenters. The van der Waals surface area contributed by atoms with Crippen LogP contribution in [0.4, 0.5) is 32.0 Å². The van der Waals surface area contributed by atoms with E-state index < -0.39 is 34.8 Å². The lowest BCUT2D eigenvalue weighted by molar-refractivity contribution is -0.138. The van der Waals surface area contributed by atoms with Crippen molar-refractivity contribution in [2.45, 2.75) is 38.0 Å². The van der Waals surface area contributed by atoms with Crippen LogP contribution in [0.15, 0.2) is 55.1 Å². The number of rotatable bonds is 5. The van der Waals surface area contributed by atoms with Gasteiger partial charge < -0.3 is 5.32 Å². The first-order valence-corrected chi connectivity index (χ1v) is 9.41. The molecule has 32 heavy (non-hydrogen) atoms. The Morgan fingerprint density at radius 2 is 1.59 bits per heavy atom. The van der Waals surface area contributed by atoms with E-state index in [1.807, 2.05) is 0 Å². The van der Waals surface area contributed by atoms with Crippen LogP contribution in [-0.2, 0) is 22.6 Å². The van der Waals surface area contributed by atoms with Gasteiger partial charge in [-0.1, -0.05) is 25.1 Å². The molecule has 0 saturated carbocycles. The fraction of sp³-hybridized carbons (Fsp3) is 0.286. The maximum Gasteiger partial charge on any atom is 0.416 e. The lowest BCUT2D eigenvalue weighted by Gasteiger charge is -2.29. The first-order valence-electron chi connectivity index (χ1n) is 9.41. The standard InChI is InChI=1S/C21H18F6N4O/c1-3-19(2,13-5-4-6-14(9-13)20(22,23)24)18(32)30-16-10-15(21(25,26)27)7-8-17(16)31-12-28-11-29-31/h4-12H,3H2,1-2H3,(H,30,32). The second-order valence-electron chi connectivity index (χ2n) is 7.29. The average molecular weight is 456 g/mol. The van der Waals surface area contributed by atoms with E-state index in [9.17, 15) is 31.1 Å². The van der Waals surface area contributed by atoms with E-state index in [0.717, 1.165) is 30.3 Å². The number of benzene rings is 2. The molecule has 0 saturated heterocycles. The van der Waals surface area contributed by atoms with Crippen molar-refractivity contribution in [2.75, 3.05) is 5.32 Å². The molecule has 1 unspecified atom stereocenters. The maximum absolute atomic E-state index is 13.2. The predicted molar refractivity (Wildman–Crippen MR) is 104 cm³/mol. The summed E-state index contributed by atoms with van der Waals surface area (Å²) in [6.07, 6.45) is -6.78. The molecule has 11 heteroatoms. The fourth-order valence-electron chi connectivity index (χ4n) is 3.14. The molecule has 0 spiro atoms. The topological polar surface area (TPSA) is 59.8 Å². The third-order valence-corrected chi connectivity index (χ3v) is 5.27. The summed E-state index contributed by atoms with van der Waals surface area (Å²) in [6, 6.07) is 7.02. The highest BCUT2D eigenvalue weighted by Crippen LogP contribution is 2.37. The zero-order valence-corrected chi connectivity index (χ0v) is 16.9. The maximum atomic E-state index is 13.2. The normalized spacial score (nSPS) is 14.1. The van der Waals surface area contributed by atoms with E-state index in [1.165, 1.54) is 36.4 Å². The summed E-state index contributed by atoms with van der Waals surface area (Å²) >= 11 is 0. The number of aromatic nitrogens is 3. The highest BCUT2D eigenvalue weighted by Gasteiger charge is 2.38. The van der Waals surface area contributed by atoms with Crippen LogP contribution in [0.1, 0.15) is 37.0 Å². The molecule has 3 rings (SSSR count).